The van der Waals surface area contributed by atoms with Crippen LogP contribution >= 0.6 is 0 Å². The maximum absolute atomic E-state index is 14.1. The Morgan fingerprint density at radius 3 is 2.33 bits per heavy atom. The molecular weight excluding hydrogens is 308 g/mol. The fourth-order valence-corrected chi connectivity index (χ4v) is 2.47. The molecule has 0 aliphatic heterocycles. The van der Waals surface area contributed by atoms with Crippen molar-refractivity contribution in [3.05, 3.63) is 89.5 Å². The lowest BCUT2D eigenvalue weighted by atomic mass is 10.0. The highest BCUT2D eigenvalue weighted by Gasteiger charge is 2.13. The molecule has 0 aliphatic carbocycles. The topological polar surface area (TPSA) is 35.2 Å². The van der Waals surface area contributed by atoms with Gasteiger partial charge in [-0.25, -0.2) is 8.78 Å². The van der Waals surface area contributed by atoms with Crippen molar-refractivity contribution in [1.82, 2.24) is 0 Å². The Bertz CT molecular complexity index is 834. The van der Waals surface area contributed by atoms with E-state index in [2.05, 4.69) is 0 Å². The Morgan fingerprint density at radius 1 is 0.792 bits per heavy atom. The third-order valence-electron chi connectivity index (χ3n) is 3.74. The summed E-state index contributed by atoms with van der Waals surface area (Å²) in [5.74, 6) is -0.518. The minimum absolute atomic E-state index is 0.168. The van der Waals surface area contributed by atoms with Crippen molar-refractivity contribution in [2.45, 2.75) is 13.2 Å². The molecule has 4 heteroatoms. The lowest BCUT2D eigenvalue weighted by Crippen LogP contribution is -2.01. The van der Waals surface area contributed by atoms with Crippen LogP contribution in [0.2, 0.25) is 0 Å². The molecular formula is C20H17F2NO. The molecule has 2 nitrogen and oxygen atoms in total. The average molecular weight is 325 g/mol. The second kappa shape index (κ2) is 7.23. The van der Waals surface area contributed by atoms with E-state index in [1.807, 2.05) is 30.3 Å². The Hall–Kier alpha value is -2.72. The maximum atomic E-state index is 14.1. The number of hydrogen-bond donors (Lipinski definition) is 1. The number of nitrogens with two attached hydrogens (primary N) is 1. The number of ether oxygens (including phenoxy) is 1. The number of rotatable bonds is 5. The van der Waals surface area contributed by atoms with Crippen LogP contribution in [0.5, 0.6) is 5.75 Å². The molecule has 0 fully saturated rings. The fourth-order valence-electron chi connectivity index (χ4n) is 2.47. The standard InChI is InChI=1S/C20H17F2NO/c21-16-7-9-19(22)18(11-16)17-8-6-15(12-23)10-20(17)24-13-14-4-2-1-3-5-14/h1-11H,12-13,23H2. The van der Waals surface area contributed by atoms with Gasteiger partial charge in [0.05, 0.1) is 0 Å². The van der Waals surface area contributed by atoms with Crippen LogP contribution in [0.1, 0.15) is 11.1 Å². The largest absolute Gasteiger partial charge is 0.488 e. The molecule has 0 heterocycles. The van der Waals surface area contributed by atoms with E-state index < -0.39 is 11.6 Å². The normalized spacial score (nSPS) is 10.6. The highest BCUT2D eigenvalue weighted by Crippen LogP contribution is 2.33. The smallest absolute Gasteiger partial charge is 0.131 e. The van der Waals surface area contributed by atoms with E-state index in [-0.39, 0.29) is 5.56 Å². The quantitative estimate of drug-likeness (QED) is 0.740. The van der Waals surface area contributed by atoms with Crippen LogP contribution in [0.25, 0.3) is 11.1 Å². The summed E-state index contributed by atoms with van der Waals surface area (Å²) in [6.45, 7) is 0.673. The fraction of sp³-hybridized carbons (Fsp3) is 0.100. The zero-order valence-corrected chi connectivity index (χ0v) is 13.0. The lowest BCUT2D eigenvalue weighted by Gasteiger charge is -2.14. The van der Waals surface area contributed by atoms with Gasteiger partial charge in [-0.3, -0.25) is 0 Å². The van der Waals surface area contributed by atoms with Gasteiger partial charge in [0.15, 0.2) is 0 Å². The van der Waals surface area contributed by atoms with Crippen LogP contribution in [-0.4, -0.2) is 0 Å². The van der Waals surface area contributed by atoms with E-state index in [0.29, 0.717) is 24.5 Å². The SMILES string of the molecule is NCc1ccc(-c2cc(F)ccc2F)c(OCc2ccccc2)c1. The summed E-state index contributed by atoms with van der Waals surface area (Å²) in [4.78, 5) is 0. The zero-order chi connectivity index (χ0) is 16.9. The molecule has 0 aromatic heterocycles. The highest BCUT2D eigenvalue weighted by molar-refractivity contribution is 5.71. The molecule has 0 saturated heterocycles. The van der Waals surface area contributed by atoms with Gasteiger partial charge in [-0.05, 0) is 35.4 Å². The second-order valence-electron chi connectivity index (χ2n) is 5.43. The summed E-state index contributed by atoms with van der Waals surface area (Å²) < 4.78 is 33.5. The molecule has 0 spiro atoms. The van der Waals surface area contributed by atoms with Crippen molar-refractivity contribution in [1.29, 1.82) is 0 Å². The van der Waals surface area contributed by atoms with Crippen LogP contribution < -0.4 is 10.5 Å². The van der Waals surface area contributed by atoms with E-state index in [4.69, 9.17) is 10.5 Å². The Labute approximate surface area is 139 Å². The van der Waals surface area contributed by atoms with Crippen LogP contribution in [0.15, 0.2) is 66.7 Å². The van der Waals surface area contributed by atoms with E-state index in [0.717, 1.165) is 23.3 Å². The van der Waals surface area contributed by atoms with Gasteiger partial charge >= 0.3 is 0 Å². The first-order valence-electron chi connectivity index (χ1n) is 7.62. The number of halogens is 2. The van der Waals surface area contributed by atoms with Gasteiger partial charge in [-0.2, -0.15) is 0 Å². The lowest BCUT2D eigenvalue weighted by molar-refractivity contribution is 0.307. The van der Waals surface area contributed by atoms with Gasteiger partial charge in [-0.15, -0.1) is 0 Å². The molecule has 0 unspecified atom stereocenters. The summed E-state index contributed by atoms with van der Waals surface area (Å²) >= 11 is 0. The molecule has 0 bridgehead atoms. The number of benzene rings is 3. The molecule has 3 rings (SSSR count). The zero-order valence-electron chi connectivity index (χ0n) is 13.0. The third-order valence-corrected chi connectivity index (χ3v) is 3.74. The molecule has 0 saturated carbocycles. The monoisotopic (exact) mass is 325 g/mol. The summed E-state index contributed by atoms with van der Waals surface area (Å²) in [7, 11) is 0. The van der Waals surface area contributed by atoms with Crippen molar-refractivity contribution in [3.63, 3.8) is 0 Å². The summed E-state index contributed by atoms with van der Waals surface area (Å²) in [6, 6.07) is 18.3. The van der Waals surface area contributed by atoms with Gasteiger partial charge in [0.1, 0.15) is 24.0 Å². The second-order valence-corrected chi connectivity index (χ2v) is 5.43. The molecule has 24 heavy (non-hydrogen) atoms. The van der Waals surface area contributed by atoms with Crippen LogP contribution in [0, 0.1) is 11.6 Å². The summed E-state index contributed by atoms with van der Waals surface area (Å²) in [6.07, 6.45) is 0. The Morgan fingerprint density at radius 2 is 1.58 bits per heavy atom. The molecule has 0 amide bonds. The molecule has 0 aliphatic rings. The van der Waals surface area contributed by atoms with Gasteiger partial charge in [0.25, 0.3) is 0 Å². The van der Waals surface area contributed by atoms with Crippen molar-refractivity contribution >= 4 is 0 Å². The van der Waals surface area contributed by atoms with Gasteiger partial charge in [0, 0.05) is 17.7 Å². The Kier molecular flexibility index (Phi) is 4.87. The minimum atomic E-state index is -0.499. The van der Waals surface area contributed by atoms with Crippen LogP contribution in [0.3, 0.4) is 0 Å². The van der Waals surface area contributed by atoms with Crippen LogP contribution in [-0.2, 0) is 13.2 Å². The summed E-state index contributed by atoms with van der Waals surface area (Å²) in [5, 5.41) is 0. The van der Waals surface area contributed by atoms with Crippen molar-refractivity contribution in [3.8, 4) is 16.9 Å². The van der Waals surface area contributed by atoms with E-state index >= 15 is 0 Å². The molecule has 3 aromatic rings. The van der Waals surface area contributed by atoms with Gasteiger partial charge in [0.2, 0.25) is 0 Å². The van der Waals surface area contributed by atoms with Crippen molar-refractivity contribution in [2.24, 2.45) is 5.73 Å². The van der Waals surface area contributed by atoms with E-state index in [1.54, 1.807) is 18.2 Å². The van der Waals surface area contributed by atoms with E-state index in [1.165, 1.54) is 6.07 Å². The molecule has 0 atom stereocenters. The van der Waals surface area contributed by atoms with Crippen molar-refractivity contribution < 1.29 is 13.5 Å². The molecule has 0 radical (unpaired) electrons. The van der Waals surface area contributed by atoms with Gasteiger partial charge in [-0.1, -0.05) is 42.5 Å². The van der Waals surface area contributed by atoms with Crippen LogP contribution in [0.4, 0.5) is 8.78 Å². The minimum Gasteiger partial charge on any atom is -0.488 e. The molecule has 2 N–H and O–H groups in total. The van der Waals surface area contributed by atoms with Crippen molar-refractivity contribution in [2.75, 3.05) is 0 Å². The molecule has 122 valence electrons. The highest BCUT2D eigenvalue weighted by atomic mass is 19.1. The maximum Gasteiger partial charge on any atom is 0.131 e. The Balaban J connectivity index is 1.98. The predicted molar refractivity (Wildman–Crippen MR) is 90.5 cm³/mol. The van der Waals surface area contributed by atoms with Gasteiger partial charge < -0.3 is 10.5 Å². The average Bonchev–Trinajstić information content (AvgIpc) is 2.62. The van der Waals surface area contributed by atoms with E-state index in [9.17, 15) is 8.78 Å². The first-order valence-corrected chi connectivity index (χ1v) is 7.62. The first kappa shape index (κ1) is 16.1. The molecule has 3 aromatic carbocycles. The summed E-state index contributed by atoms with van der Waals surface area (Å²) in [5.41, 5.74) is 8.19. The number of hydrogen-bond acceptors (Lipinski definition) is 2. The predicted octanol–water partition coefficient (Wildman–Crippen LogP) is 4.67. The third kappa shape index (κ3) is 3.60. The first-order chi connectivity index (χ1) is 11.7.